The van der Waals surface area contributed by atoms with Crippen LogP contribution in [0.15, 0.2) is 12.2 Å². The van der Waals surface area contributed by atoms with Crippen molar-refractivity contribution in [3.63, 3.8) is 0 Å². The Balaban J connectivity index is -0.000000577. The molecule has 0 saturated carbocycles. The minimum absolute atomic E-state index is 0. The van der Waals surface area contributed by atoms with Crippen LogP contribution < -0.4 is 5.32 Å². The van der Waals surface area contributed by atoms with E-state index in [-0.39, 0.29) is 87.9 Å². The summed E-state index contributed by atoms with van der Waals surface area (Å²) in [5, 5.41) is 10.4. The van der Waals surface area contributed by atoms with Gasteiger partial charge in [0.05, 0.1) is 28.4 Å². The molecule has 3 aliphatic heterocycles. The Bertz CT molecular complexity index is 1130. The topological polar surface area (TPSA) is 210 Å². The third-order valence-electron chi connectivity index (χ3n) is 6.61. The van der Waals surface area contributed by atoms with Gasteiger partial charge in [-0.15, -0.1) is 0 Å². The molecule has 0 aliphatic carbocycles. The fraction of sp³-hybridized carbons (Fsp3) is 0.688. The molecule has 2 fully saturated rings. The smallest absolute Gasteiger partial charge is 0.305 e. The molecule has 0 bridgehead atoms. The van der Waals surface area contributed by atoms with E-state index < -0.39 is 11.2 Å². The quantitative estimate of drug-likeness (QED) is 0.239. The normalized spacial score (nSPS) is 18.6. The highest BCUT2D eigenvalue weighted by Gasteiger charge is 2.40. The van der Waals surface area contributed by atoms with Crippen molar-refractivity contribution in [1.82, 2.24) is 20.0 Å². The lowest BCUT2D eigenvalue weighted by molar-refractivity contribution is -0.141. The Morgan fingerprint density at radius 2 is 1.08 bits per heavy atom. The number of hydrogen-bond acceptors (Lipinski definition) is 11. The number of carbonyl (C=O) groups excluding carboxylic acids is 7. The Labute approximate surface area is 314 Å². The van der Waals surface area contributed by atoms with Crippen molar-refractivity contribution in [2.45, 2.75) is 115 Å². The van der Waals surface area contributed by atoms with Gasteiger partial charge < -0.3 is 15.9 Å². The van der Waals surface area contributed by atoms with Crippen molar-refractivity contribution in [3.8, 4) is 0 Å². The first-order valence-corrected chi connectivity index (χ1v) is 20.5. The maximum atomic E-state index is 11.5. The van der Waals surface area contributed by atoms with E-state index in [1.165, 1.54) is 62.1 Å². The lowest BCUT2D eigenvalue weighted by Gasteiger charge is -2.18. The van der Waals surface area contributed by atoms with Crippen LogP contribution in [0.2, 0.25) is 0 Å². The largest absolute Gasteiger partial charge is 0.481 e. The van der Waals surface area contributed by atoms with Gasteiger partial charge in [0.1, 0.15) is 0 Å². The number of imide groups is 3. The highest BCUT2D eigenvalue weighted by atomic mass is 32.2. The minimum atomic E-state index is -0.946. The van der Waals surface area contributed by atoms with Gasteiger partial charge in [-0.1, -0.05) is 0 Å². The Morgan fingerprint density at radius 1 is 0.740 bits per heavy atom. The van der Waals surface area contributed by atoms with E-state index >= 15 is 0 Å². The Hall–Kier alpha value is -2.54. The standard InChI is InChI=1S/C8H15NO3S.2C8H13NO2S.C7H9NO2.CH4S.H2O/c1-5(2)9-8(12)6(13-3)4-7(10)11;2*1-5(2)9-7(10)4-6(12-3)8(9)11;1-5(2)8-6(9)3-4-7(8)10;1-2;/h5-6H,4H2,1-3H3,(H,9,12)(H,10,11);2*5-6H,4H2,1-3H3;3-5H,1-2H3;2H,1H3;1H2/p+1. The molecule has 0 radical (unpaired) electrons. The van der Waals surface area contributed by atoms with Crippen LogP contribution in [-0.4, -0.2) is 138 Å². The van der Waals surface area contributed by atoms with E-state index in [4.69, 9.17) is 5.11 Å². The van der Waals surface area contributed by atoms with E-state index in [2.05, 4.69) is 17.9 Å². The van der Waals surface area contributed by atoms with Crippen LogP contribution in [0.3, 0.4) is 0 Å². The molecule has 288 valence electrons. The van der Waals surface area contributed by atoms with Crippen molar-refractivity contribution in [2.75, 3.05) is 25.0 Å². The van der Waals surface area contributed by atoms with Gasteiger partial charge in [-0.2, -0.15) is 35.3 Å². The molecule has 3 unspecified atom stereocenters. The van der Waals surface area contributed by atoms with Gasteiger partial charge in [0, 0.05) is 49.2 Å². The van der Waals surface area contributed by atoms with Crippen LogP contribution in [0, 0.1) is 0 Å². The second kappa shape index (κ2) is 26.3. The molecule has 3 aliphatic rings. The van der Waals surface area contributed by atoms with E-state index in [9.17, 15) is 38.4 Å². The predicted octanol–water partition coefficient (Wildman–Crippen LogP) is 1.61. The summed E-state index contributed by atoms with van der Waals surface area (Å²) >= 11 is 7.13. The van der Waals surface area contributed by atoms with Crippen LogP contribution in [-0.2, 0) is 51.0 Å². The summed E-state index contributed by atoms with van der Waals surface area (Å²) in [4.78, 5) is 92.8. The summed E-state index contributed by atoms with van der Waals surface area (Å²) in [6, 6.07) is 0.0234. The molecule has 7 amide bonds. The number of carboxylic acids is 1. The summed E-state index contributed by atoms with van der Waals surface area (Å²) in [6.07, 6.45) is 10.5. The van der Waals surface area contributed by atoms with Crippen LogP contribution >= 0.6 is 35.3 Å². The van der Waals surface area contributed by atoms with Crippen LogP contribution in [0.5, 0.6) is 0 Å². The Kier molecular flexibility index (Phi) is 27.2. The predicted molar refractivity (Wildman–Crippen MR) is 206 cm³/mol. The van der Waals surface area contributed by atoms with Crippen LogP contribution in [0.4, 0.5) is 0 Å². The number of nitrogens with one attached hydrogen (secondary N) is 1. The zero-order chi connectivity index (χ0) is 38.8. The highest BCUT2D eigenvalue weighted by Crippen LogP contribution is 2.25. The number of hydrogen-bond donors (Lipinski definition) is 2. The van der Waals surface area contributed by atoms with Crippen molar-refractivity contribution < 1.29 is 48.9 Å². The summed E-state index contributed by atoms with van der Waals surface area (Å²) in [5.41, 5.74) is 0. The molecule has 2 saturated heterocycles. The molecule has 3 heterocycles. The van der Waals surface area contributed by atoms with Gasteiger partial charge in [0.2, 0.25) is 29.5 Å². The number of amides is 7. The van der Waals surface area contributed by atoms with Gasteiger partial charge in [-0.25, -0.2) is 0 Å². The van der Waals surface area contributed by atoms with E-state index in [1.54, 1.807) is 12.5 Å². The van der Waals surface area contributed by atoms with Crippen molar-refractivity contribution in [2.24, 2.45) is 0 Å². The summed E-state index contributed by atoms with van der Waals surface area (Å²) in [7, 11) is 0. The number of aliphatic carboxylic acids is 1. The average molecular weight is 786 g/mol. The highest BCUT2D eigenvalue weighted by molar-refractivity contribution is 8.00. The molecule has 4 N–H and O–H groups in total. The number of rotatable bonds is 10. The first-order valence-electron chi connectivity index (χ1n) is 15.6. The number of likely N-dealkylation sites (tertiary alicyclic amines) is 2. The van der Waals surface area contributed by atoms with Crippen molar-refractivity contribution in [1.29, 1.82) is 0 Å². The summed E-state index contributed by atoms with van der Waals surface area (Å²) in [6.45, 7) is 14.7. The summed E-state index contributed by atoms with van der Waals surface area (Å²) in [5.74, 6) is -1.68. The average Bonchev–Trinajstić information content (AvgIpc) is 3.62. The van der Waals surface area contributed by atoms with Gasteiger partial charge in [0.25, 0.3) is 11.8 Å². The molecule has 3 rings (SSSR count). The molecule has 0 aromatic rings. The van der Waals surface area contributed by atoms with Crippen LogP contribution in [0.1, 0.15) is 74.7 Å². The van der Waals surface area contributed by atoms with E-state index in [1.807, 2.05) is 67.9 Å². The number of nitrogens with zero attached hydrogens (tertiary/aromatic N) is 3. The first kappa shape index (κ1) is 51.8. The van der Waals surface area contributed by atoms with Crippen molar-refractivity contribution >= 4 is 95.2 Å². The maximum absolute atomic E-state index is 11.5. The summed E-state index contributed by atoms with van der Waals surface area (Å²) < 4.78 is 0. The SMILES string of the molecule is CC(C)N1C(=O)C=CC1=O.CSC(CC(=O)O)C(=O)NC(C)C.CSC1CC(=O)N(C(C)C)C1=O.CSC1CC(=O)N(C(C)C)C1=O.C[SH2+].O. The second-order valence-electron chi connectivity index (χ2n) is 11.7. The fourth-order valence-corrected chi connectivity index (χ4v) is 6.28. The monoisotopic (exact) mass is 785 g/mol. The molecule has 0 spiro atoms. The van der Waals surface area contributed by atoms with Gasteiger partial charge >= 0.3 is 5.97 Å². The molecule has 50 heavy (non-hydrogen) atoms. The van der Waals surface area contributed by atoms with E-state index in [0.717, 1.165) is 0 Å². The third kappa shape index (κ3) is 17.1. The zero-order valence-corrected chi connectivity index (χ0v) is 34.5. The molecule has 3 atom stereocenters. The Morgan fingerprint density at radius 3 is 1.26 bits per heavy atom. The molecule has 18 heteroatoms. The lowest BCUT2D eigenvalue weighted by atomic mass is 10.2. The number of carbonyl (C=O) groups is 8. The van der Waals surface area contributed by atoms with E-state index in [0.29, 0.717) is 12.8 Å². The third-order valence-corrected chi connectivity index (χ3v) is 9.44. The van der Waals surface area contributed by atoms with Gasteiger partial charge in [0.15, 0.2) is 0 Å². The van der Waals surface area contributed by atoms with Crippen molar-refractivity contribution in [3.05, 3.63) is 12.2 Å². The molecular formula is C32H57N4O10S4+. The zero-order valence-electron chi connectivity index (χ0n) is 31.1. The molecular weight excluding hydrogens is 729 g/mol. The lowest BCUT2D eigenvalue weighted by Crippen LogP contribution is -2.38. The van der Waals surface area contributed by atoms with Crippen LogP contribution in [0.25, 0.3) is 0 Å². The molecule has 14 nitrogen and oxygen atoms in total. The maximum Gasteiger partial charge on any atom is 0.305 e. The molecule has 0 aromatic heterocycles. The minimum Gasteiger partial charge on any atom is -0.481 e. The first-order chi connectivity index (χ1) is 22.7. The number of carboxylic acid groups (broad SMARTS) is 1. The van der Waals surface area contributed by atoms with Gasteiger partial charge in [-0.05, 0) is 86.8 Å². The molecule has 0 aromatic carbocycles. The second-order valence-corrected chi connectivity index (χ2v) is 14.8. The van der Waals surface area contributed by atoms with Gasteiger partial charge in [-0.3, -0.25) is 53.1 Å². The fourth-order valence-electron chi connectivity index (χ4n) is 4.44. The number of thioether (sulfide) groups is 3.